The van der Waals surface area contributed by atoms with E-state index in [1.54, 1.807) is 24.7 Å². The van der Waals surface area contributed by atoms with E-state index in [1.165, 1.54) is 12.1 Å². The number of anilines is 1. The van der Waals surface area contributed by atoms with Crippen LogP contribution in [0.4, 0.5) is 22.7 Å². The summed E-state index contributed by atoms with van der Waals surface area (Å²) >= 11 is 0. The minimum atomic E-state index is -0.444. The number of nitrogens with zero attached hydrogens (tertiary/aromatic N) is 4. The van der Waals surface area contributed by atoms with Crippen LogP contribution in [0.1, 0.15) is 27.7 Å². The molecule has 8 nitrogen and oxygen atoms in total. The van der Waals surface area contributed by atoms with Crippen molar-refractivity contribution in [2.24, 2.45) is 10.2 Å². The second-order valence-corrected chi connectivity index (χ2v) is 7.61. The van der Waals surface area contributed by atoms with Crippen LogP contribution >= 0.6 is 0 Å². The Kier molecular flexibility index (Phi) is 9.90. The first-order valence-electron chi connectivity index (χ1n) is 10.4. The van der Waals surface area contributed by atoms with E-state index in [-0.39, 0.29) is 5.69 Å². The molecule has 0 heterocycles. The number of rotatable bonds is 12. The molecule has 0 unspecified atom stereocenters. The van der Waals surface area contributed by atoms with Crippen molar-refractivity contribution in [3.05, 3.63) is 82.3 Å². The number of benzene rings is 2. The molecular weight excluding hydrogens is 408 g/mol. The first-order chi connectivity index (χ1) is 15.3. The van der Waals surface area contributed by atoms with Gasteiger partial charge in [-0.05, 0) is 75.2 Å². The molecule has 0 spiro atoms. The topological polar surface area (TPSA) is 89.6 Å². The zero-order valence-electron chi connectivity index (χ0n) is 19.0. The van der Waals surface area contributed by atoms with E-state index in [0.717, 1.165) is 16.8 Å². The van der Waals surface area contributed by atoms with Gasteiger partial charge in [-0.2, -0.15) is 10.2 Å². The maximum absolute atomic E-state index is 10.7. The van der Waals surface area contributed by atoms with Crippen LogP contribution in [0.3, 0.4) is 0 Å². The minimum Gasteiger partial charge on any atom is -0.499 e. The van der Waals surface area contributed by atoms with Gasteiger partial charge in [0.25, 0.3) is 5.69 Å². The van der Waals surface area contributed by atoms with Gasteiger partial charge in [0.05, 0.1) is 41.9 Å². The Balaban J connectivity index is 2.02. The quantitative estimate of drug-likeness (QED) is 0.121. The number of hydrogen-bond donors (Lipinski definition) is 0. The van der Waals surface area contributed by atoms with Gasteiger partial charge in [-0.15, -0.1) is 0 Å². The number of hydrogen-bond acceptors (Lipinski definition) is 7. The van der Waals surface area contributed by atoms with Crippen LogP contribution in [0.15, 0.2) is 82.4 Å². The van der Waals surface area contributed by atoms with E-state index < -0.39 is 4.92 Å². The summed E-state index contributed by atoms with van der Waals surface area (Å²) in [5.41, 5.74) is 4.52. The van der Waals surface area contributed by atoms with Crippen LogP contribution in [-0.2, 0) is 9.47 Å². The molecule has 2 rings (SSSR count). The van der Waals surface area contributed by atoms with Crippen molar-refractivity contribution < 1.29 is 14.4 Å². The molecule has 0 N–H and O–H groups in total. The Morgan fingerprint density at radius 1 is 0.844 bits per heavy atom. The van der Waals surface area contributed by atoms with Gasteiger partial charge in [0, 0.05) is 17.8 Å². The van der Waals surface area contributed by atoms with Crippen LogP contribution in [0.25, 0.3) is 0 Å². The highest BCUT2D eigenvalue weighted by molar-refractivity contribution is 5.53. The van der Waals surface area contributed by atoms with Crippen molar-refractivity contribution in [3.8, 4) is 0 Å². The van der Waals surface area contributed by atoms with Crippen LogP contribution in [0.2, 0.25) is 0 Å². The fraction of sp³-hybridized carbons (Fsp3) is 0.333. The largest absolute Gasteiger partial charge is 0.499 e. The SMILES string of the molecule is CC(C)=COCCN(CCOC=C(C)C)c1ccc(N=Nc2ccc([N+](=O)[O-])cc2)cc1. The number of azo groups is 1. The van der Waals surface area contributed by atoms with E-state index >= 15 is 0 Å². The first kappa shape index (κ1) is 24.6. The molecule has 0 radical (unpaired) electrons. The first-order valence-corrected chi connectivity index (χ1v) is 10.4. The molecule has 0 aliphatic rings. The van der Waals surface area contributed by atoms with Gasteiger partial charge in [0.2, 0.25) is 0 Å². The van der Waals surface area contributed by atoms with Crippen molar-refractivity contribution >= 4 is 22.7 Å². The Morgan fingerprint density at radius 3 is 1.69 bits per heavy atom. The summed E-state index contributed by atoms with van der Waals surface area (Å²) < 4.78 is 11.2. The fourth-order valence-electron chi connectivity index (χ4n) is 2.63. The Labute approximate surface area is 189 Å². The molecule has 0 amide bonds. The Hall–Kier alpha value is -3.68. The van der Waals surface area contributed by atoms with Gasteiger partial charge in [0.15, 0.2) is 0 Å². The van der Waals surface area contributed by atoms with Crippen molar-refractivity contribution in [2.75, 3.05) is 31.2 Å². The van der Waals surface area contributed by atoms with E-state index in [9.17, 15) is 10.1 Å². The van der Waals surface area contributed by atoms with Gasteiger partial charge in [-0.25, -0.2) is 0 Å². The third kappa shape index (κ3) is 8.99. The molecule has 32 heavy (non-hydrogen) atoms. The fourth-order valence-corrected chi connectivity index (χ4v) is 2.63. The van der Waals surface area contributed by atoms with E-state index in [1.807, 2.05) is 52.0 Å². The molecule has 0 aromatic heterocycles. The molecule has 2 aromatic carbocycles. The van der Waals surface area contributed by atoms with Crippen molar-refractivity contribution in [2.45, 2.75) is 27.7 Å². The number of nitro benzene ring substituents is 1. The predicted octanol–water partition coefficient (Wildman–Crippen LogP) is 6.70. The average Bonchev–Trinajstić information content (AvgIpc) is 2.77. The highest BCUT2D eigenvalue weighted by Gasteiger charge is 2.07. The highest BCUT2D eigenvalue weighted by atomic mass is 16.6. The highest BCUT2D eigenvalue weighted by Crippen LogP contribution is 2.23. The van der Waals surface area contributed by atoms with Gasteiger partial charge < -0.3 is 14.4 Å². The average molecular weight is 439 g/mol. The number of ether oxygens (including phenoxy) is 2. The van der Waals surface area contributed by atoms with E-state index in [0.29, 0.717) is 37.7 Å². The van der Waals surface area contributed by atoms with Crippen LogP contribution in [0, 0.1) is 10.1 Å². The van der Waals surface area contributed by atoms with Crippen LogP contribution in [0.5, 0.6) is 0 Å². The van der Waals surface area contributed by atoms with Crippen LogP contribution in [-0.4, -0.2) is 31.2 Å². The molecule has 0 saturated carbocycles. The molecule has 0 saturated heterocycles. The van der Waals surface area contributed by atoms with Crippen LogP contribution < -0.4 is 4.90 Å². The van der Waals surface area contributed by atoms with E-state index in [2.05, 4.69) is 15.1 Å². The summed E-state index contributed by atoms with van der Waals surface area (Å²) in [6.45, 7) is 10.5. The molecule has 0 aliphatic heterocycles. The second-order valence-electron chi connectivity index (χ2n) is 7.61. The monoisotopic (exact) mass is 438 g/mol. The lowest BCUT2D eigenvalue weighted by Gasteiger charge is -2.24. The molecule has 170 valence electrons. The standard InChI is InChI=1S/C24H30N4O4/c1-19(2)17-31-15-13-27(14-16-32-18-20(3)4)23-9-5-21(6-10-23)25-26-22-7-11-24(12-8-22)28(29)30/h5-12,17-18H,13-16H2,1-4H3. The summed E-state index contributed by atoms with van der Waals surface area (Å²) in [6.07, 6.45) is 3.53. The number of nitro groups is 1. The molecule has 0 bridgehead atoms. The molecule has 0 aliphatic carbocycles. The molecule has 8 heteroatoms. The zero-order valence-corrected chi connectivity index (χ0v) is 19.0. The lowest BCUT2D eigenvalue weighted by molar-refractivity contribution is -0.384. The summed E-state index contributed by atoms with van der Waals surface area (Å²) in [6, 6.07) is 13.7. The zero-order chi connectivity index (χ0) is 23.3. The van der Waals surface area contributed by atoms with Crippen molar-refractivity contribution in [1.82, 2.24) is 0 Å². The molecule has 2 aromatic rings. The van der Waals surface area contributed by atoms with Crippen molar-refractivity contribution in [1.29, 1.82) is 0 Å². The van der Waals surface area contributed by atoms with Gasteiger partial charge >= 0.3 is 0 Å². The molecule has 0 atom stereocenters. The van der Waals surface area contributed by atoms with Gasteiger partial charge in [0.1, 0.15) is 13.2 Å². The van der Waals surface area contributed by atoms with Gasteiger partial charge in [-0.3, -0.25) is 10.1 Å². The van der Waals surface area contributed by atoms with E-state index in [4.69, 9.17) is 9.47 Å². The predicted molar refractivity (Wildman–Crippen MR) is 127 cm³/mol. The molecule has 0 fully saturated rings. The van der Waals surface area contributed by atoms with Gasteiger partial charge in [-0.1, -0.05) is 0 Å². The smallest absolute Gasteiger partial charge is 0.269 e. The summed E-state index contributed by atoms with van der Waals surface area (Å²) in [7, 11) is 0. The summed E-state index contributed by atoms with van der Waals surface area (Å²) in [4.78, 5) is 12.5. The lowest BCUT2D eigenvalue weighted by atomic mass is 10.2. The lowest BCUT2D eigenvalue weighted by Crippen LogP contribution is -2.30. The summed E-state index contributed by atoms with van der Waals surface area (Å²) in [5.74, 6) is 0. The normalized spacial score (nSPS) is 10.5. The third-order valence-electron chi connectivity index (χ3n) is 4.15. The maximum Gasteiger partial charge on any atom is 0.269 e. The Bertz CT molecular complexity index is 919. The number of allylic oxidation sites excluding steroid dienone is 2. The third-order valence-corrected chi connectivity index (χ3v) is 4.15. The second kappa shape index (κ2) is 12.9. The van der Waals surface area contributed by atoms with Crippen molar-refractivity contribution in [3.63, 3.8) is 0 Å². The minimum absolute atomic E-state index is 0.0236. The Morgan fingerprint density at radius 2 is 1.28 bits per heavy atom. The number of non-ortho nitro benzene ring substituents is 1. The molecular formula is C24H30N4O4. The summed E-state index contributed by atoms with van der Waals surface area (Å²) in [5, 5.41) is 19.1. The maximum atomic E-state index is 10.7.